The lowest BCUT2D eigenvalue weighted by atomic mass is 9.86. The molecular formula is C15H30N2O. The van der Waals surface area contributed by atoms with Gasteiger partial charge in [-0.3, -0.25) is 4.90 Å². The summed E-state index contributed by atoms with van der Waals surface area (Å²) in [6.45, 7) is 13.5. The average Bonchev–Trinajstić information content (AvgIpc) is 3.15. The van der Waals surface area contributed by atoms with Crippen molar-refractivity contribution in [2.45, 2.75) is 65.1 Å². The highest BCUT2D eigenvalue weighted by Crippen LogP contribution is 2.27. The van der Waals surface area contributed by atoms with Crippen LogP contribution in [0.5, 0.6) is 0 Å². The summed E-state index contributed by atoms with van der Waals surface area (Å²) < 4.78 is 5.72. The minimum absolute atomic E-state index is 0.388. The molecule has 106 valence electrons. The minimum Gasteiger partial charge on any atom is -0.376 e. The first-order valence-electron chi connectivity index (χ1n) is 7.61. The van der Waals surface area contributed by atoms with Gasteiger partial charge in [-0.1, -0.05) is 13.8 Å². The molecule has 1 saturated heterocycles. The molecule has 1 saturated carbocycles. The van der Waals surface area contributed by atoms with Crippen LogP contribution >= 0.6 is 0 Å². The molecule has 0 spiro atoms. The Labute approximate surface area is 112 Å². The third-order valence-corrected chi connectivity index (χ3v) is 4.57. The van der Waals surface area contributed by atoms with Crippen LogP contribution in [0.25, 0.3) is 0 Å². The average molecular weight is 254 g/mol. The fourth-order valence-electron chi connectivity index (χ4n) is 2.65. The van der Waals surface area contributed by atoms with Crippen LogP contribution in [-0.2, 0) is 4.74 Å². The van der Waals surface area contributed by atoms with Crippen molar-refractivity contribution >= 4 is 0 Å². The van der Waals surface area contributed by atoms with Gasteiger partial charge in [-0.25, -0.2) is 0 Å². The lowest BCUT2D eigenvalue weighted by Crippen LogP contribution is -2.52. The summed E-state index contributed by atoms with van der Waals surface area (Å²) in [7, 11) is 0. The molecule has 0 amide bonds. The lowest BCUT2D eigenvalue weighted by Gasteiger charge is -2.42. The number of hydrogen-bond acceptors (Lipinski definition) is 3. The number of ether oxygens (including phenoxy) is 1. The van der Waals surface area contributed by atoms with Crippen molar-refractivity contribution in [1.82, 2.24) is 10.2 Å². The number of nitrogens with one attached hydrogen (secondary N) is 1. The van der Waals surface area contributed by atoms with E-state index < -0.39 is 0 Å². The summed E-state index contributed by atoms with van der Waals surface area (Å²) in [5.74, 6) is 0. The summed E-state index contributed by atoms with van der Waals surface area (Å²) >= 11 is 0. The minimum atomic E-state index is 0.388. The highest BCUT2D eigenvalue weighted by atomic mass is 16.5. The van der Waals surface area contributed by atoms with Crippen LogP contribution in [0.1, 0.15) is 47.0 Å². The van der Waals surface area contributed by atoms with E-state index >= 15 is 0 Å². The van der Waals surface area contributed by atoms with E-state index in [1.54, 1.807) is 0 Å². The normalized spacial score (nSPS) is 33.3. The first-order valence-corrected chi connectivity index (χ1v) is 7.61. The predicted octanol–water partition coefficient (Wildman–Crippen LogP) is 2.26. The molecule has 18 heavy (non-hydrogen) atoms. The third-order valence-electron chi connectivity index (χ3n) is 4.57. The molecule has 0 aromatic heterocycles. The van der Waals surface area contributed by atoms with E-state index in [1.807, 2.05) is 0 Å². The maximum absolute atomic E-state index is 5.72. The molecule has 1 aliphatic carbocycles. The zero-order chi connectivity index (χ0) is 13.2. The molecule has 2 rings (SSSR count). The predicted molar refractivity (Wildman–Crippen MR) is 75.9 cm³/mol. The van der Waals surface area contributed by atoms with Crippen LogP contribution < -0.4 is 5.32 Å². The Morgan fingerprint density at radius 2 is 2.06 bits per heavy atom. The third kappa shape index (κ3) is 3.94. The van der Waals surface area contributed by atoms with Gasteiger partial charge < -0.3 is 10.1 Å². The fourth-order valence-corrected chi connectivity index (χ4v) is 2.65. The first-order chi connectivity index (χ1) is 8.52. The van der Waals surface area contributed by atoms with Crippen molar-refractivity contribution in [3.63, 3.8) is 0 Å². The second kappa shape index (κ2) is 5.89. The monoisotopic (exact) mass is 254 g/mol. The van der Waals surface area contributed by atoms with Crippen molar-refractivity contribution in [3.05, 3.63) is 0 Å². The quantitative estimate of drug-likeness (QED) is 0.787. The highest BCUT2D eigenvalue weighted by Gasteiger charge is 2.32. The van der Waals surface area contributed by atoms with Crippen molar-refractivity contribution < 1.29 is 4.74 Å². The Morgan fingerprint density at radius 1 is 1.33 bits per heavy atom. The van der Waals surface area contributed by atoms with Gasteiger partial charge in [0, 0.05) is 31.7 Å². The SMILES string of the molecule is CCC(C)(CNC1CC1)CN1CC(C)OCC1C. The van der Waals surface area contributed by atoms with E-state index in [0.717, 1.165) is 25.7 Å². The van der Waals surface area contributed by atoms with Gasteiger partial charge in [-0.05, 0) is 38.5 Å². The standard InChI is InChI=1S/C15H30N2O/c1-5-15(4,10-16-14-6-7-14)11-17-8-13(3)18-9-12(17)2/h12-14,16H,5-11H2,1-4H3. The van der Waals surface area contributed by atoms with Gasteiger partial charge in [0.1, 0.15) is 0 Å². The Kier molecular flexibility index (Phi) is 4.68. The van der Waals surface area contributed by atoms with Crippen molar-refractivity contribution in [2.75, 3.05) is 26.2 Å². The summed E-state index contributed by atoms with van der Waals surface area (Å²) in [4.78, 5) is 2.62. The summed E-state index contributed by atoms with van der Waals surface area (Å²) in [6, 6.07) is 1.38. The van der Waals surface area contributed by atoms with Crippen molar-refractivity contribution in [2.24, 2.45) is 5.41 Å². The Hall–Kier alpha value is -0.120. The molecule has 1 N–H and O–H groups in total. The van der Waals surface area contributed by atoms with Crippen molar-refractivity contribution in [3.8, 4) is 0 Å². The molecule has 0 bridgehead atoms. The maximum atomic E-state index is 5.72. The van der Waals surface area contributed by atoms with Crippen LogP contribution in [0.2, 0.25) is 0 Å². The van der Waals surface area contributed by atoms with E-state index in [9.17, 15) is 0 Å². The van der Waals surface area contributed by atoms with Gasteiger partial charge in [0.05, 0.1) is 12.7 Å². The molecule has 2 fully saturated rings. The van der Waals surface area contributed by atoms with E-state index in [2.05, 4.69) is 37.9 Å². The molecule has 1 aliphatic heterocycles. The zero-order valence-corrected chi connectivity index (χ0v) is 12.5. The second-order valence-electron chi connectivity index (χ2n) is 6.74. The van der Waals surface area contributed by atoms with Gasteiger partial charge in [0.2, 0.25) is 0 Å². The van der Waals surface area contributed by atoms with Crippen LogP contribution in [-0.4, -0.2) is 49.3 Å². The number of morpholine rings is 1. The lowest BCUT2D eigenvalue weighted by molar-refractivity contribution is -0.0618. The Balaban J connectivity index is 1.86. The summed E-state index contributed by atoms with van der Waals surface area (Å²) in [5, 5.41) is 3.71. The molecule has 1 heterocycles. The van der Waals surface area contributed by atoms with Crippen LogP contribution in [0.3, 0.4) is 0 Å². The Bertz CT molecular complexity index is 267. The Morgan fingerprint density at radius 3 is 2.67 bits per heavy atom. The van der Waals surface area contributed by atoms with Gasteiger partial charge in [-0.2, -0.15) is 0 Å². The smallest absolute Gasteiger partial charge is 0.0674 e. The van der Waals surface area contributed by atoms with E-state index in [1.165, 1.54) is 25.8 Å². The van der Waals surface area contributed by atoms with Crippen LogP contribution in [0.15, 0.2) is 0 Å². The number of rotatable bonds is 6. The molecule has 3 unspecified atom stereocenters. The second-order valence-corrected chi connectivity index (χ2v) is 6.74. The molecule has 3 atom stereocenters. The summed E-state index contributed by atoms with van der Waals surface area (Å²) in [5.41, 5.74) is 0.397. The molecule has 0 aromatic carbocycles. The molecule has 0 radical (unpaired) electrons. The van der Waals surface area contributed by atoms with Crippen LogP contribution in [0.4, 0.5) is 0 Å². The number of nitrogens with zero attached hydrogens (tertiary/aromatic N) is 1. The van der Waals surface area contributed by atoms with Gasteiger partial charge in [-0.15, -0.1) is 0 Å². The maximum Gasteiger partial charge on any atom is 0.0674 e. The molecule has 3 nitrogen and oxygen atoms in total. The van der Waals surface area contributed by atoms with Gasteiger partial charge in [0.25, 0.3) is 0 Å². The van der Waals surface area contributed by atoms with E-state index in [0.29, 0.717) is 17.6 Å². The molecular weight excluding hydrogens is 224 g/mol. The first kappa shape index (κ1) is 14.3. The topological polar surface area (TPSA) is 24.5 Å². The fraction of sp³-hybridized carbons (Fsp3) is 1.00. The molecule has 0 aromatic rings. The zero-order valence-electron chi connectivity index (χ0n) is 12.5. The summed E-state index contributed by atoms with van der Waals surface area (Å²) in [6.07, 6.45) is 4.39. The van der Waals surface area contributed by atoms with E-state index in [4.69, 9.17) is 4.74 Å². The molecule has 2 aliphatic rings. The number of hydrogen-bond donors (Lipinski definition) is 1. The van der Waals surface area contributed by atoms with Crippen molar-refractivity contribution in [1.29, 1.82) is 0 Å². The van der Waals surface area contributed by atoms with Gasteiger partial charge >= 0.3 is 0 Å². The molecule has 3 heteroatoms. The van der Waals surface area contributed by atoms with Crippen LogP contribution in [0, 0.1) is 5.41 Å². The van der Waals surface area contributed by atoms with Gasteiger partial charge in [0.15, 0.2) is 0 Å². The largest absolute Gasteiger partial charge is 0.376 e. The van der Waals surface area contributed by atoms with E-state index in [-0.39, 0.29) is 0 Å². The highest BCUT2D eigenvalue weighted by molar-refractivity contribution is 4.88.